The third kappa shape index (κ3) is 14.6. The second-order valence-corrected chi connectivity index (χ2v) is 35.7. The zero-order valence-corrected chi connectivity index (χ0v) is 75.3. The molecule has 22 aromatic rings. The summed E-state index contributed by atoms with van der Waals surface area (Å²) in [7, 11) is 0. The molecule has 0 N–H and O–H groups in total. The van der Waals surface area contributed by atoms with Gasteiger partial charge in [-0.15, -0.1) is 0 Å². The number of fused-ring (bicyclic) bond motifs is 16. The fourth-order valence-electron chi connectivity index (χ4n) is 21.1. The van der Waals surface area contributed by atoms with Crippen molar-refractivity contribution in [1.82, 2.24) is 44.9 Å². The Balaban J connectivity index is 0.000000113. The van der Waals surface area contributed by atoms with E-state index >= 15 is 0 Å². The molecule has 0 saturated heterocycles. The molecule has 19 aromatic carbocycles. The number of benzene rings is 19. The van der Waals surface area contributed by atoms with E-state index in [1.165, 1.54) is 117 Å². The highest BCUT2D eigenvalue weighted by molar-refractivity contribution is 5.97. The first kappa shape index (κ1) is 82.4. The number of rotatable bonds is 14. The van der Waals surface area contributed by atoms with Crippen LogP contribution in [0, 0.1) is 0 Å². The van der Waals surface area contributed by atoms with Gasteiger partial charge in [0.25, 0.3) is 0 Å². The number of hydrogen-bond donors (Lipinski definition) is 0. The van der Waals surface area contributed by atoms with Gasteiger partial charge in [0.15, 0.2) is 52.4 Å². The van der Waals surface area contributed by atoms with Gasteiger partial charge in [0.2, 0.25) is 0 Å². The van der Waals surface area contributed by atoms with E-state index in [0.29, 0.717) is 52.4 Å². The van der Waals surface area contributed by atoms with Crippen molar-refractivity contribution >= 4 is 0 Å². The summed E-state index contributed by atoms with van der Waals surface area (Å²) in [5, 5.41) is 0. The monoisotopic (exact) mass is 1750 g/mol. The van der Waals surface area contributed by atoms with E-state index in [-0.39, 0.29) is 10.8 Å². The lowest BCUT2D eigenvalue weighted by molar-refractivity contribution is 0.660. The fourth-order valence-corrected chi connectivity index (χ4v) is 21.1. The second-order valence-electron chi connectivity index (χ2n) is 35.7. The van der Waals surface area contributed by atoms with E-state index < -0.39 is 5.41 Å². The topological polar surface area (TPSA) is 116 Å². The van der Waals surface area contributed by atoms with Gasteiger partial charge in [0.1, 0.15) is 0 Å². The molecule has 4 aliphatic carbocycles. The molecule has 3 heterocycles. The number of nitrogens with zero attached hydrogens (tertiary/aromatic N) is 9. The first-order chi connectivity index (χ1) is 67.6. The minimum Gasteiger partial charge on any atom is -0.208 e. The zero-order valence-electron chi connectivity index (χ0n) is 75.3. The molecule has 0 radical (unpaired) electrons. The van der Waals surface area contributed by atoms with E-state index in [4.69, 9.17) is 44.9 Å². The molecule has 4 aliphatic rings. The highest BCUT2D eigenvalue weighted by Gasteiger charge is 2.52. The predicted octanol–water partition coefficient (Wildman–Crippen LogP) is 30.6. The van der Waals surface area contributed by atoms with Crippen molar-refractivity contribution < 1.29 is 0 Å². The van der Waals surface area contributed by atoms with E-state index in [2.05, 4.69) is 420 Å². The van der Waals surface area contributed by atoms with Gasteiger partial charge in [-0.2, -0.15) is 0 Å². The smallest absolute Gasteiger partial charge is 0.164 e. The van der Waals surface area contributed by atoms with Crippen LogP contribution in [0.25, 0.3) is 180 Å². The van der Waals surface area contributed by atoms with Crippen LogP contribution < -0.4 is 0 Å². The van der Waals surface area contributed by atoms with Gasteiger partial charge in [0.05, 0.1) is 10.8 Å². The Morgan fingerprint density at radius 3 is 0.577 bits per heavy atom. The van der Waals surface area contributed by atoms with Gasteiger partial charge in [-0.05, 0) is 152 Å². The van der Waals surface area contributed by atoms with Crippen LogP contribution in [-0.4, -0.2) is 44.9 Å². The molecule has 0 bridgehead atoms. The summed E-state index contributed by atoms with van der Waals surface area (Å²) >= 11 is 0. The maximum absolute atomic E-state index is 5.12. The van der Waals surface area contributed by atoms with Crippen molar-refractivity contribution in [2.24, 2.45) is 0 Å². The predicted molar refractivity (Wildman–Crippen MR) is 556 cm³/mol. The summed E-state index contributed by atoms with van der Waals surface area (Å²) in [6, 6.07) is 173. The van der Waals surface area contributed by atoms with E-state index in [0.717, 1.165) is 66.8 Å². The lowest BCUT2D eigenvalue weighted by Gasteiger charge is -2.33. The van der Waals surface area contributed by atoms with Crippen LogP contribution in [0.15, 0.2) is 491 Å². The average molecular weight is 1750 g/mol. The molecule has 9 nitrogen and oxygen atoms in total. The van der Waals surface area contributed by atoms with Crippen molar-refractivity contribution in [3.8, 4) is 180 Å². The lowest BCUT2D eigenvalue weighted by Crippen LogP contribution is -2.28. The van der Waals surface area contributed by atoms with Crippen LogP contribution in [0.4, 0.5) is 0 Å². The van der Waals surface area contributed by atoms with Crippen molar-refractivity contribution in [2.45, 2.75) is 30.1 Å². The van der Waals surface area contributed by atoms with Crippen molar-refractivity contribution in [3.63, 3.8) is 0 Å². The zero-order chi connectivity index (χ0) is 91.4. The van der Waals surface area contributed by atoms with Gasteiger partial charge >= 0.3 is 0 Å². The van der Waals surface area contributed by atoms with Crippen molar-refractivity contribution in [2.75, 3.05) is 0 Å². The van der Waals surface area contributed by atoms with Crippen molar-refractivity contribution in [1.29, 1.82) is 0 Å². The van der Waals surface area contributed by atoms with Gasteiger partial charge in [0, 0.05) is 55.5 Å². The van der Waals surface area contributed by atoms with Crippen LogP contribution in [0.3, 0.4) is 0 Å². The van der Waals surface area contributed by atoms with Crippen LogP contribution in [0.5, 0.6) is 0 Å². The van der Waals surface area contributed by atoms with Gasteiger partial charge in [-0.25, -0.2) is 44.9 Å². The van der Waals surface area contributed by atoms with Gasteiger partial charge < -0.3 is 0 Å². The first-order valence-corrected chi connectivity index (χ1v) is 46.6. The number of hydrogen-bond acceptors (Lipinski definition) is 9. The Kier molecular flexibility index (Phi) is 20.9. The maximum Gasteiger partial charge on any atom is 0.164 e. The minimum absolute atomic E-state index is 0.0373. The molecule has 26 rings (SSSR count). The molecule has 0 amide bonds. The Bertz CT molecular complexity index is 7940. The standard InChI is InChI=1S/C46H29N3.C46H31N3.C36H27N3/c1-3-13-30(14-4-1)31-23-25-33(26-24-31)44-47-43(32-15-5-2-6-16-32)48-45(49-44)34-27-28-42-38(29-34)37-19-9-12-22-41(37)46(42)39-20-10-7-17-35(39)36-18-8-11-21-40(36)46;1-5-15-32(16-6-1)33-25-27-35(28-26-33)44-47-43(34-17-7-2-8-18-34)48-45(49-44)36-29-30-42-40(31-36)39-23-13-14-24-41(39)46(42,37-19-9-3-10-20-37)38-21-11-4-12-22-38;1-36(2)31-16-10-9-15-29(31)30-23-28(21-22-32(30)36)35-38-33(26-13-7-4-8-14-26)37-34(39-35)27-19-17-25(18-20-27)24-11-5-3-6-12-24/h1-29H;1-31H;3-23H,1-2H3. The van der Waals surface area contributed by atoms with Crippen molar-refractivity contribution in [3.05, 3.63) is 547 Å². The molecular formula is C128H87N9. The van der Waals surface area contributed by atoms with Crippen LogP contribution >= 0.6 is 0 Å². The summed E-state index contributed by atoms with van der Waals surface area (Å²) in [5.41, 5.74) is 37.8. The molecule has 0 saturated carbocycles. The second kappa shape index (κ2) is 34.7. The first-order valence-electron chi connectivity index (χ1n) is 46.6. The summed E-state index contributed by atoms with van der Waals surface area (Å²) in [6.45, 7) is 4.59. The Hall–Kier alpha value is -17.8. The van der Waals surface area contributed by atoms with E-state index in [9.17, 15) is 0 Å². The molecule has 3 aromatic heterocycles. The highest BCUT2D eigenvalue weighted by atomic mass is 15.1. The SMILES string of the molecule is CC1(C)c2ccccc2-c2cc(-c3nc(-c4ccccc4)nc(-c4ccc(-c5ccccc5)cc4)n3)ccc21.c1ccc(-c2ccc(-c3nc(-c4ccccc4)nc(-c4ccc5c(c4)-c4ccccc4C5(c4ccccc4)c4ccccc4)n3)cc2)cc1.c1ccc(-c2ccc(-c3nc(-c4ccccc4)nc(-c4ccc5c(c4)-c4ccccc4C54c5ccccc5-c5ccccc54)n3)cc2)cc1. The normalized spacial score (nSPS) is 12.9. The molecule has 9 heteroatoms. The van der Waals surface area contributed by atoms with E-state index in [1.54, 1.807) is 0 Å². The van der Waals surface area contributed by atoms with Gasteiger partial charge in [-0.3, -0.25) is 0 Å². The molecule has 644 valence electrons. The van der Waals surface area contributed by atoms with Crippen LogP contribution in [-0.2, 0) is 16.2 Å². The summed E-state index contributed by atoms with van der Waals surface area (Å²) in [5.74, 6) is 5.92. The maximum atomic E-state index is 5.12. The quantitative estimate of drug-likeness (QED) is 0.105. The molecule has 137 heavy (non-hydrogen) atoms. The largest absolute Gasteiger partial charge is 0.208 e. The Morgan fingerprint density at radius 2 is 0.285 bits per heavy atom. The average Bonchev–Trinajstić information content (AvgIpc) is 1.51. The van der Waals surface area contributed by atoms with Crippen LogP contribution in [0.2, 0.25) is 0 Å². The molecular weight excluding hydrogens is 1660 g/mol. The minimum atomic E-state index is -0.451. The van der Waals surface area contributed by atoms with Crippen LogP contribution in [0.1, 0.15) is 69.5 Å². The Morgan fingerprint density at radius 1 is 0.124 bits per heavy atom. The lowest BCUT2D eigenvalue weighted by atomic mass is 9.67. The fraction of sp³-hybridized carbons (Fsp3) is 0.0391. The summed E-state index contributed by atoms with van der Waals surface area (Å²) in [6.07, 6.45) is 0. The van der Waals surface area contributed by atoms with E-state index in [1.807, 2.05) is 84.9 Å². The Labute approximate surface area is 796 Å². The highest BCUT2D eigenvalue weighted by Crippen LogP contribution is 2.64. The molecule has 0 unspecified atom stereocenters. The third-order valence-corrected chi connectivity index (χ3v) is 27.6. The molecule has 0 fully saturated rings. The third-order valence-electron chi connectivity index (χ3n) is 27.6. The summed E-state index contributed by atoms with van der Waals surface area (Å²) < 4.78 is 0. The summed E-state index contributed by atoms with van der Waals surface area (Å²) in [4.78, 5) is 45.3. The number of aromatic nitrogens is 9. The molecule has 0 atom stereocenters. The molecule has 0 aliphatic heterocycles. The molecule has 1 spiro atoms. The van der Waals surface area contributed by atoms with Gasteiger partial charge in [-0.1, -0.05) is 487 Å².